The van der Waals surface area contributed by atoms with Crippen LogP contribution in [0.25, 0.3) is 0 Å². The van der Waals surface area contributed by atoms with Crippen molar-refractivity contribution in [1.29, 1.82) is 0 Å². The van der Waals surface area contributed by atoms with Crippen molar-refractivity contribution >= 4 is 21.7 Å². The number of carbonyl (C=O) groups excluding carboxylic acids is 1. The largest absolute Gasteiger partial charge is 0.291 e. The Hall–Kier alpha value is -2.23. The molecule has 0 spiro atoms. The van der Waals surface area contributed by atoms with Crippen molar-refractivity contribution < 1.29 is 13.2 Å². The Labute approximate surface area is 127 Å². The van der Waals surface area contributed by atoms with E-state index in [1.54, 1.807) is 18.5 Å². The number of anilines is 1. The smallest absolute Gasteiger partial charge is 0.261 e. The van der Waals surface area contributed by atoms with Crippen LogP contribution in [0.2, 0.25) is 0 Å². The Morgan fingerprint density at radius 2 is 2.23 bits per heavy atom. The van der Waals surface area contributed by atoms with Crippen LogP contribution >= 0.6 is 0 Å². The Bertz CT molecular complexity index is 808. The van der Waals surface area contributed by atoms with Crippen LogP contribution in [-0.4, -0.2) is 50.8 Å². The minimum Gasteiger partial charge on any atom is -0.291 e. The second-order valence-corrected chi connectivity index (χ2v) is 7.56. The number of aryl methyl sites for hydroxylation is 1. The maximum Gasteiger partial charge on any atom is 0.261 e. The van der Waals surface area contributed by atoms with Gasteiger partial charge < -0.3 is 0 Å². The molecule has 2 aromatic heterocycles. The van der Waals surface area contributed by atoms with Crippen LogP contribution in [0, 0.1) is 13.8 Å². The fourth-order valence-corrected chi connectivity index (χ4v) is 4.44. The molecule has 1 amide bonds. The maximum atomic E-state index is 12.3. The van der Waals surface area contributed by atoms with Crippen molar-refractivity contribution in [3.8, 4) is 0 Å². The first-order valence-electron chi connectivity index (χ1n) is 6.80. The van der Waals surface area contributed by atoms with Gasteiger partial charge in [0.1, 0.15) is 6.33 Å². The van der Waals surface area contributed by atoms with E-state index in [-0.39, 0.29) is 29.4 Å². The highest BCUT2D eigenvalue weighted by Gasteiger charge is 2.32. The minimum atomic E-state index is -3.01. The van der Waals surface area contributed by atoms with E-state index in [2.05, 4.69) is 25.6 Å². The zero-order valence-corrected chi connectivity index (χ0v) is 13.0. The fraction of sp³-hybridized carbons (Fsp3) is 0.500. The molecule has 1 fully saturated rings. The highest BCUT2D eigenvalue weighted by molar-refractivity contribution is 7.91. The van der Waals surface area contributed by atoms with E-state index in [1.165, 1.54) is 6.33 Å². The van der Waals surface area contributed by atoms with E-state index in [4.69, 9.17) is 0 Å². The average Bonchev–Trinajstić information content (AvgIpc) is 3.10. The summed E-state index contributed by atoms with van der Waals surface area (Å²) < 4.78 is 24.9. The molecule has 1 atom stereocenters. The van der Waals surface area contributed by atoms with Crippen LogP contribution in [0.15, 0.2) is 6.33 Å². The molecule has 9 nitrogen and oxygen atoms in total. The topological polar surface area (TPSA) is 123 Å². The van der Waals surface area contributed by atoms with Gasteiger partial charge in [-0.15, -0.1) is 0 Å². The number of nitrogens with zero attached hydrogens (tertiary/aromatic N) is 4. The number of aromatic nitrogens is 5. The second-order valence-electron chi connectivity index (χ2n) is 5.34. The summed E-state index contributed by atoms with van der Waals surface area (Å²) in [4.78, 5) is 16.2. The molecule has 2 N–H and O–H groups in total. The van der Waals surface area contributed by atoms with Gasteiger partial charge in [-0.05, 0) is 20.3 Å². The lowest BCUT2D eigenvalue weighted by molar-refractivity contribution is 0.102. The molecule has 1 saturated heterocycles. The molecule has 0 aromatic carbocycles. The number of aromatic amines is 1. The number of carbonyl (C=O) groups is 1. The van der Waals surface area contributed by atoms with E-state index < -0.39 is 9.84 Å². The van der Waals surface area contributed by atoms with E-state index in [1.807, 2.05) is 0 Å². The molecule has 0 radical (unpaired) electrons. The van der Waals surface area contributed by atoms with E-state index in [0.29, 0.717) is 23.4 Å². The standard InChI is InChI=1S/C12H16N6O3S/c1-7-10(11(19)15-12-13-6-14-16-12)8(2)18(17-7)9-3-4-22(20,21)5-9/h6,9H,3-5H2,1-2H3,(H2,13,14,15,16,19)/t9-/m0/s1. The highest BCUT2D eigenvalue weighted by Crippen LogP contribution is 2.27. The zero-order chi connectivity index (χ0) is 15.9. The highest BCUT2D eigenvalue weighted by atomic mass is 32.2. The molecular weight excluding hydrogens is 308 g/mol. The molecule has 1 aliphatic heterocycles. The molecule has 0 saturated carbocycles. The van der Waals surface area contributed by atoms with Gasteiger partial charge in [-0.1, -0.05) is 0 Å². The molecular formula is C12H16N6O3S. The predicted octanol–water partition coefficient (Wildman–Crippen LogP) is 0.230. The third kappa shape index (κ3) is 2.61. The van der Waals surface area contributed by atoms with Crippen LogP contribution in [-0.2, 0) is 9.84 Å². The molecule has 2 aromatic rings. The van der Waals surface area contributed by atoms with Gasteiger partial charge in [-0.2, -0.15) is 15.2 Å². The number of hydrogen-bond acceptors (Lipinski definition) is 6. The first-order valence-corrected chi connectivity index (χ1v) is 8.62. The predicted molar refractivity (Wildman–Crippen MR) is 78.3 cm³/mol. The normalized spacial score (nSPS) is 20.2. The van der Waals surface area contributed by atoms with Gasteiger partial charge in [0.25, 0.3) is 5.91 Å². The molecule has 3 heterocycles. The van der Waals surface area contributed by atoms with Gasteiger partial charge in [0, 0.05) is 5.69 Å². The molecule has 22 heavy (non-hydrogen) atoms. The Balaban J connectivity index is 1.89. The van der Waals surface area contributed by atoms with Crippen LogP contribution < -0.4 is 5.32 Å². The van der Waals surface area contributed by atoms with Gasteiger partial charge in [0.15, 0.2) is 9.84 Å². The van der Waals surface area contributed by atoms with Crippen molar-refractivity contribution in [1.82, 2.24) is 25.0 Å². The molecule has 10 heteroatoms. The summed E-state index contributed by atoms with van der Waals surface area (Å²) in [6, 6.07) is -0.212. The van der Waals surface area contributed by atoms with Gasteiger partial charge in [-0.3, -0.25) is 14.8 Å². The van der Waals surface area contributed by atoms with Crippen molar-refractivity contribution in [3.05, 3.63) is 23.3 Å². The van der Waals surface area contributed by atoms with Crippen LogP contribution in [0.3, 0.4) is 0 Å². The number of sulfone groups is 1. The van der Waals surface area contributed by atoms with Gasteiger partial charge >= 0.3 is 0 Å². The number of H-pyrrole nitrogens is 1. The summed E-state index contributed by atoms with van der Waals surface area (Å²) in [7, 11) is -3.01. The van der Waals surface area contributed by atoms with Crippen molar-refractivity contribution in [2.45, 2.75) is 26.3 Å². The molecule has 3 rings (SSSR count). The van der Waals surface area contributed by atoms with Gasteiger partial charge in [-0.25, -0.2) is 13.5 Å². The lowest BCUT2D eigenvalue weighted by Gasteiger charge is -2.11. The first kappa shape index (κ1) is 14.7. The first-order chi connectivity index (χ1) is 10.4. The molecule has 0 aliphatic carbocycles. The number of nitrogens with one attached hydrogen (secondary N) is 2. The SMILES string of the molecule is Cc1nn([C@H]2CCS(=O)(=O)C2)c(C)c1C(=O)Nc1ncn[nH]1. The summed E-state index contributed by atoms with van der Waals surface area (Å²) >= 11 is 0. The summed E-state index contributed by atoms with van der Waals surface area (Å²) in [6.45, 7) is 3.49. The molecule has 1 aliphatic rings. The second kappa shape index (κ2) is 5.20. The molecule has 0 bridgehead atoms. The molecule has 118 valence electrons. The van der Waals surface area contributed by atoms with Crippen molar-refractivity contribution in [2.75, 3.05) is 16.8 Å². The lowest BCUT2D eigenvalue weighted by Crippen LogP contribution is -2.17. The Morgan fingerprint density at radius 3 is 2.82 bits per heavy atom. The summed E-state index contributed by atoms with van der Waals surface area (Å²) in [6.07, 6.45) is 1.82. The number of rotatable bonds is 3. The Morgan fingerprint density at radius 1 is 1.45 bits per heavy atom. The lowest BCUT2D eigenvalue weighted by atomic mass is 10.1. The quantitative estimate of drug-likeness (QED) is 0.833. The fourth-order valence-electron chi connectivity index (χ4n) is 2.75. The van der Waals surface area contributed by atoms with Crippen molar-refractivity contribution in [2.24, 2.45) is 0 Å². The van der Waals surface area contributed by atoms with Crippen LogP contribution in [0.1, 0.15) is 34.2 Å². The van der Waals surface area contributed by atoms with E-state index >= 15 is 0 Å². The summed E-state index contributed by atoms with van der Waals surface area (Å²) in [5.74, 6) is 0.132. The third-order valence-corrected chi connectivity index (χ3v) is 5.50. The number of hydrogen-bond donors (Lipinski definition) is 2. The van der Waals surface area contributed by atoms with E-state index in [0.717, 1.165) is 0 Å². The molecule has 0 unspecified atom stereocenters. The van der Waals surface area contributed by atoms with Crippen LogP contribution in [0.5, 0.6) is 0 Å². The monoisotopic (exact) mass is 324 g/mol. The zero-order valence-electron chi connectivity index (χ0n) is 12.2. The maximum absolute atomic E-state index is 12.3. The van der Waals surface area contributed by atoms with Crippen LogP contribution in [0.4, 0.5) is 5.95 Å². The Kier molecular flexibility index (Phi) is 3.47. The number of amides is 1. The summed E-state index contributed by atoms with van der Waals surface area (Å²) in [5.41, 5.74) is 1.64. The third-order valence-electron chi connectivity index (χ3n) is 3.75. The minimum absolute atomic E-state index is 0.0676. The van der Waals surface area contributed by atoms with Gasteiger partial charge in [0.05, 0.1) is 28.8 Å². The van der Waals surface area contributed by atoms with E-state index in [9.17, 15) is 13.2 Å². The van der Waals surface area contributed by atoms with Gasteiger partial charge in [0.2, 0.25) is 5.95 Å². The summed E-state index contributed by atoms with van der Waals surface area (Å²) in [5, 5.41) is 13.2. The average molecular weight is 324 g/mol. The van der Waals surface area contributed by atoms with Crippen molar-refractivity contribution in [3.63, 3.8) is 0 Å².